The lowest BCUT2D eigenvalue weighted by atomic mass is 9.63. The topological polar surface area (TPSA) is 17.1 Å². The van der Waals surface area contributed by atoms with Crippen molar-refractivity contribution in [1.82, 2.24) is 0 Å². The maximum absolute atomic E-state index is 11.8. The van der Waals surface area contributed by atoms with Gasteiger partial charge in [-0.05, 0) is 24.3 Å². The summed E-state index contributed by atoms with van der Waals surface area (Å²) in [5.74, 6) is 1.61. The van der Waals surface area contributed by atoms with Crippen molar-refractivity contribution < 1.29 is 4.79 Å². The molecule has 0 spiro atoms. The van der Waals surface area contributed by atoms with Gasteiger partial charge in [0.2, 0.25) is 0 Å². The predicted molar refractivity (Wildman–Crippen MR) is 59.4 cm³/mol. The van der Waals surface area contributed by atoms with Crippen molar-refractivity contribution in [3.05, 3.63) is 48.0 Å². The van der Waals surface area contributed by atoms with Crippen molar-refractivity contribution in [1.29, 1.82) is 0 Å². The van der Waals surface area contributed by atoms with E-state index in [4.69, 9.17) is 0 Å². The van der Waals surface area contributed by atoms with Gasteiger partial charge in [0, 0.05) is 11.8 Å². The molecule has 1 fully saturated rings. The first-order valence-corrected chi connectivity index (χ1v) is 5.60. The average molecular weight is 198 g/mol. The van der Waals surface area contributed by atoms with E-state index in [2.05, 4.69) is 24.3 Å². The summed E-state index contributed by atoms with van der Waals surface area (Å²) in [6.45, 7) is 0. The Labute approximate surface area is 89.8 Å². The maximum atomic E-state index is 11.8. The first-order valence-electron chi connectivity index (χ1n) is 5.60. The number of benzene rings is 1. The average Bonchev–Trinajstić information content (AvgIpc) is 2.72. The zero-order valence-corrected chi connectivity index (χ0v) is 8.60. The van der Waals surface area contributed by atoms with Crippen molar-refractivity contribution in [2.24, 2.45) is 17.8 Å². The molecule has 1 aromatic carbocycles. The van der Waals surface area contributed by atoms with Crippen LogP contribution >= 0.6 is 0 Å². The number of carbonyl (C=O) groups excluding carboxylic acids is 1. The third-order valence-electron chi connectivity index (χ3n) is 3.71. The highest BCUT2D eigenvalue weighted by Gasteiger charge is 2.48. The van der Waals surface area contributed by atoms with Crippen LogP contribution < -0.4 is 0 Å². The van der Waals surface area contributed by atoms with E-state index in [1.807, 2.05) is 18.2 Å². The van der Waals surface area contributed by atoms with Crippen LogP contribution in [0.2, 0.25) is 0 Å². The van der Waals surface area contributed by atoms with Crippen molar-refractivity contribution in [3.8, 4) is 0 Å². The summed E-state index contributed by atoms with van der Waals surface area (Å²) in [6.07, 6.45) is 6.30. The fraction of sp³-hybridized carbons (Fsp3) is 0.357. The van der Waals surface area contributed by atoms with Crippen molar-refractivity contribution >= 4 is 5.78 Å². The van der Waals surface area contributed by atoms with E-state index in [1.54, 1.807) is 0 Å². The molecule has 1 aromatic rings. The molecule has 0 aliphatic heterocycles. The summed E-state index contributed by atoms with van der Waals surface area (Å²) >= 11 is 0. The van der Waals surface area contributed by atoms with E-state index >= 15 is 0 Å². The lowest BCUT2D eigenvalue weighted by Gasteiger charge is -2.38. The number of hydrogen-bond donors (Lipinski definition) is 0. The molecule has 0 unspecified atom stereocenters. The van der Waals surface area contributed by atoms with Gasteiger partial charge in [0.1, 0.15) is 5.78 Å². The van der Waals surface area contributed by atoms with Gasteiger partial charge in [-0.15, -0.1) is 0 Å². The summed E-state index contributed by atoms with van der Waals surface area (Å²) in [4.78, 5) is 11.8. The minimum absolute atomic E-state index is 0.260. The highest BCUT2D eigenvalue weighted by atomic mass is 16.1. The third-order valence-corrected chi connectivity index (χ3v) is 3.71. The summed E-state index contributed by atoms with van der Waals surface area (Å²) < 4.78 is 0. The standard InChI is InChI=1S/C14H14O/c15-14-12-8-4-7-11(12)13(14)9-10-5-2-1-3-6-10/h1-7,11-13H,8-9H2/t11-,12+,13+/m0/s1. The second kappa shape index (κ2) is 3.34. The van der Waals surface area contributed by atoms with Gasteiger partial charge in [-0.3, -0.25) is 4.79 Å². The fourth-order valence-electron chi connectivity index (χ4n) is 2.84. The number of ketones is 1. The number of fused-ring (bicyclic) bond motifs is 1. The van der Waals surface area contributed by atoms with Crippen molar-refractivity contribution in [2.75, 3.05) is 0 Å². The third kappa shape index (κ3) is 1.34. The second-order valence-corrected chi connectivity index (χ2v) is 4.55. The van der Waals surface area contributed by atoms with Crippen LogP contribution in [0.5, 0.6) is 0 Å². The Balaban J connectivity index is 1.75. The number of allylic oxidation sites excluding steroid dienone is 2. The number of carbonyl (C=O) groups is 1. The Morgan fingerprint density at radius 3 is 2.80 bits per heavy atom. The van der Waals surface area contributed by atoms with Gasteiger partial charge < -0.3 is 0 Å². The Kier molecular flexibility index (Phi) is 1.98. The molecule has 0 heterocycles. The Hall–Kier alpha value is -1.37. The van der Waals surface area contributed by atoms with Crippen LogP contribution in [0.1, 0.15) is 12.0 Å². The van der Waals surface area contributed by atoms with Gasteiger partial charge in [0.15, 0.2) is 0 Å². The highest BCUT2D eigenvalue weighted by Crippen LogP contribution is 2.45. The molecule has 0 radical (unpaired) electrons. The molecule has 76 valence electrons. The summed E-state index contributed by atoms with van der Waals surface area (Å²) in [7, 11) is 0. The molecule has 0 saturated heterocycles. The molecule has 2 aliphatic carbocycles. The van der Waals surface area contributed by atoms with Gasteiger partial charge in [-0.2, -0.15) is 0 Å². The largest absolute Gasteiger partial charge is 0.299 e. The zero-order valence-electron chi connectivity index (χ0n) is 8.60. The fourth-order valence-corrected chi connectivity index (χ4v) is 2.84. The van der Waals surface area contributed by atoms with Crippen LogP contribution in [-0.2, 0) is 11.2 Å². The van der Waals surface area contributed by atoms with Crippen molar-refractivity contribution in [3.63, 3.8) is 0 Å². The Morgan fingerprint density at radius 2 is 2.00 bits per heavy atom. The minimum Gasteiger partial charge on any atom is -0.299 e. The molecule has 15 heavy (non-hydrogen) atoms. The molecule has 0 aromatic heterocycles. The summed E-state index contributed by atoms with van der Waals surface area (Å²) in [5.41, 5.74) is 1.29. The zero-order chi connectivity index (χ0) is 10.3. The van der Waals surface area contributed by atoms with E-state index in [0.717, 1.165) is 12.8 Å². The van der Waals surface area contributed by atoms with Crippen molar-refractivity contribution in [2.45, 2.75) is 12.8 Å². The first kappa shape index (κ1) is 8.90. The van der Waals surface area contributed by atoms with Crippen LogP contribution in [0, 0.1) is 17.8 Å². The van der Waals surface area contributed by atoms with Gasteiger partial charge in [-0.1, -0.05) is 42.5 Å². The van der Waals surface area contributed by atoms with E-state index in [-0.39, 0.29) is 5.92 Å². The smallest absolute Gasteiger partial charge is 0.140 e. The molecule has 1 nitrogen and oxygen atoms in total. The van der Waals surface area contributed by atoms with E-state index in [1.165, 1.54) is 5.56 Å². The van der Waals surface area contributed by atoms with Gasteiger partial charge in [-0.25, -0.2) is 0 Å². The molecule has 3 atom stereocenters. The lowest BCUT2D eigenvalue weighted by Crippen LogP contribution is -2.45. The molecular weight excluding hydrogens is 184 g/mol. The molecular formula is C14H14O. The van der Waals surface area contributed by atoms with E-state index in [0.29, 0.717) is 17.6 Å². The Bertz CT molecular complexity index is 405. The van der Waals surface area contributed by atoms with Gasteiger partial charge in [0.25, 0.3) is 0 Å². The van der Waals surface area contributed by atoms with Crippen LogP contribution in [0.4, 0.5) is 0 Å². The normalized spacial score (nSPS) is 32.5. The van der Waals surface area contributed by atoms with Gasteiger partial charge >= 0.3 is 0 Å². The molecule has 1 heteroatoms. The minimum atomic E-state index is 0.260. The van der Waals surface area contributed by atoms with E-state index < -0.39 is 0 Å². The molecule has 0 N–H and O–H groups in total. The summed E-state index contributed by atoms with van der Waals surface area (Å²) in [5, 5.41) is 0. The van der Waals surface area contributed by atoms with Crippen LogP contribution in [0.3, 0.4) is 0 Å². The quantitative estimate of drug-likeness (QED) is 0.668. The van der Waals surface area contributed by atoms with Crippen LogP contribution in [-0.4, -0.2) is 5.78 Å². The first-order chi connectivity index (χ1) is 7.36. The van der Waals surface area contributed by atoms with Crippen LogP contribution in [0.25, 0.3) is 0 Å². The molecule has 3 rings (SSSR count). The molecule has 0 bridgehead atoms. The maximum Gasteiger partial charge on any atom is 0.140 e. The SMILES string of the molecule is O=C1[C@@H]2CC=C[C@@H]2[C@H]1Cc1ccccc1. The molecule has 1 saturated carbocycles. The molecule has 0 amide bonds. The second-order valence-electron chi connectivity index (χ2n) is 4.55. The number of rotatable bonds is 2. The van der Waals surface area contributed by atoms with Gasteiger partial charge in [0.05, 0.1) is 0 Å². The molecule has 2 aliphatic rings. The number of Topliss-reactive ketones (excluding diaryl/α,β-unsaturated/α-hetero) is 1. The Morgan fingerprint density at radius 1 is 1.20 bits per heavy atom. The van der Waals surface area contributed by atoms with E-state index in [9.17, 15) is 4.79 Å². The number of hydrogen-bond acceptors (Lipinski definition) is 1. The monoisotopic (exact) mass is 198 g/mol. The van der Waals surface area contributed by atoms with Crippen LogP contribution in [0.15, 0.2) is 42.5 Å². The predicted octanol–water partition coefficient (Wildman–Crippen LogP) is 2.62. The lowest BCUT2D eigenvalue weighted by molar-refractivity contribution is -0.139. The summed E-state index contributed by atoms with van der Waals surface area (Å²) in [6, 6.07) is 10.3. The highest BCUT2D eigenvalue weighted by molar-refractivity contribution is 5.91.